The standard InChI is InChI=1S/C13H17ClN4/c1-9-12(8-18(2)17-9)13(16-15)7-10-4-3-5-11(14)6-10/h3-6,8,13,16H,7,15H2,1-2H3. The topological polar surface area (TPSA) is 55.9 Å². The van der Waals surface area contributed by atoms with Crippen LogP contribution >= 0.6 is 11.6 Å². The quantitative estimate of drug-likeness (QED) is 0.657. The van der Waals surface area contributed by atoms with Crippen LogP contribution in [0, 0.1) is 6.92 Å². The van der Waals surface area contributed by atoms with Gasteiger partial charge in [-0.2, -0.15) is 5.10 Å². The summed E-state index contributed by atoms with van der Waals surface area (Å²) in [6, 6.07) is 7.85. The van der Waals surface area contributed by atoms with Gasteiger partial charge in [0.25, 0.3) is 0 Å². The molecule has 5 heteroatoms. The first kappa shape index (κ1) is 13.1. The third-order valence-electron chi connectivity index (χ3n) is 2.96. The normalized spacial score (nSPS) is 12.7. The van der Waals surface area contributed by atoms with E-state index in [-0.39, 0.29) is 6.04 Å². The van der Waals surface area contributed by atoms with Gasteiger partial charge in [0, 0.05) is 23.8 Å². The highest BCUT2D eigenvalue weighted by Gasteiger charge is 2.15. The van der Waals surface area contributed by atoms with Crippen LogP contribution in [0.5, 0.6) is 0 Å². The number of nitrogens with two attached hydrogens (primary N) is 1. The molecule has 0 radical (unpaired) electrons. The number of halogens is 1. The highest BCUT2D eigenvalue weighted by molar-refractivity contribution is 6.30. The molecule has 0 saturated carbocycles. The summed E-state index contributed by atoms with van der Waals surface area (Å²) in [5.74, 6) is 5.65. The van der Waals surface area contributed by atoms with Crippen molar-refractivity contribution in [2.45, 2.75) is 19.4 Å². The van der Waals surface area contributed by atoms with Crippen LogP contribution in [0.1, 0.15) is 22.9 Å². The second kappa shape index (κ2) is 5.52. The molecular weight excluding hydrogens is 248 g/mol. The van der Waals surface area contributed by atoms with E-state index in [4.69, 9.17) is 17.4 Å². The Labute approximate surface area is 112 Å². The summed E-state index contributed by atoms with van der Waals surface area (Å²) in [4.78, 5) is 0. The molecule has 4 nitrogen and oxygen atoms in total. The zero-order valence-corrected chi connectivity index (χ0v) is 11.3. The lowest BCUT2D eigenvalue weighted by Gasteiger charge is -2.15. The fourth-order valence-corrected chi connectivity index (χ4v) is 2.33. The van der Waals surface area contributed by atoms with Gasteiger partial charge in [-0.3, -0.25) is 16.0 Å². The maximum absolute atomic E-state index is 5.98. The smallest absolute Gasteiger partial charge is 0.0642 e. The van der Waals surface area contributed by atoms with Crippen molar-refractivity contribution in [3.63, 3.8) is 0 Å². The fraction of sp³-hybridized carbons (Fsp3) is 0.308. The second-order valence-electron chi connectivity index (χ2n) is 4.40. The molecule has 1 heterocycles. The molecule has 0 fully saturated rings. The SMILES string of the molecule is Cc1nn(C)cc1C(Cc1cccc(Cl)c1)NN. The highest BCUT2D eigenvalue weighted by Crippen LogP contribution is 2.21. The molecule has 0 saturated heterocycles. The average Bonchev–Trinajstić information content (AvgIpc) is 2.65. The summed E-state index contributed by atoms with van der Waals surface area (Å²) in [5.41, 5.74) is 6.09. The van der Waals surface area contributed by atoms with E-state index in [2.05, 4.69) is 10.5 Å². The monoisotopic (exact) mass is 264 g/mol. The Balaban J connectivity index is 2.22. The van der Waals surface area contributed by atoms with Crippen LogP contribution in [0.2, 0.25) is 5.02 Å². The van der Waals surface area contributed by atoms with E-state index in [1.807, 2.05) is 44.4 Å². The van der Waals surface area contributed by atoms with E-state index in [9.17, 15) is 0 Å². The van der Waals surface area contributed by atoms with Crippen LogP contribution in [-0.4, -0.2) is 9.78 Å². The zero-order chi connectivity index (χ0) is 13.1. The van der Waals surface area contributed by atoms with Gasteiger partial charge in [0.2, 0.25) is 0 Å². The molecule has 0 aliphatic rings. The Hall–Kier alpha value is -1.36. The van der Waals surface area contributed by atoms with Crippen molar-refractivity contribution in [2.24, 2.45) is 12.9 Å². The number of nitrogens with one attached hydrogen (secondary N) is 1. The van der Waals surface area contributed by atoms with Gasteiger partial charge in [-0.15, -0.1) is 0 Å². The lowest BCUT2D eigenvalue weighted by atomic mass is 10.0. The molecule has 96 valence electrons. The Kier molecular flexibility index (Phi) is 4.01. The van der Waals surface area contributed by atoms with E-state index in [1.54, 1.807) is 4.68 Å². The average molecular weight is 265 g/mol. The first-order valence-corrected chi connectivity index (χ1v) is 6.18. The third-order valence-corrected chi connectivity index (χ3v) is 3.19. The van der Waals surface area contributed by atoms with Crippen molar-refractivity contribution in [3.8, 4) is 0 Å². The first-order valence-electron chi connectivity index (χ1n) is 5.81. The summed E-state index contributed by atoms with van der Waals surface area (Å²) in [5, 5.41) is 5.08. The van der Waals surface area contributed by atoms with E-state index >= 15 is 0 Å². The minimum atomic E-state index is 0.0390. The number of aromatic nitrogens is 2. The van der Waals surface area contributed by atoms with Crippen LogP contribution in [0.4, 0.5) is 0 Å². The van der Waals surface area contributed by atoms with Gasteiger partial charge in [0.15, 0.2) is 0 Å². The zero-order valence-electron chi connectivity index (χ0n) is 10.5. The molecule has 0 bridgehead atoms. The molecule has 0 aliphatic carbocycles. The molecule has 18 heavy (non-hydrogen) atoms. The van der Waals surface area contributed by atoms with Crippen molar-refractivity contribution >= 4 is 11.6 Å². The number of hydrogen-bond acceptors (Lipinski definition) is 3. The van der Waals surface area contributed by atoms with Crippen molar-refractivity contribution < 1.29 is 0 Å². The molecule has 2 rings (SSSR count). The minimum Gasteiger partial charge on any atom is -0.275 e. The Morgan fingerprint density at radius 2 is 2.28 bits per heavy atom. The van der Waals surface area contributed by atoms with Gasteiger partial charge < -0.3 is 0 Å². The Morgan fingerprint density at radius 1 is 1.50 bits per heavy atom. The second-order valence-corrected chi connectivity index (χ2v) is 4.83. The summed E-state index contributed by atoms with van der Waals surface area (Å²) in [6.45, 7) is 1.98. The van der Waals surface area contributed by atoms with E-state index in [0.717, 1.165) is 28.3 Å². The lowest BCUT2D eigenvalue weighted by molar-refractivity contribution is 0.549. The lowest BCUT2D eigenvalue weighted by Crippen LogP contribution is -2.29. The van der Waals surface area contributed by atoms with Crippen molar-refractivity contribution in [2.75, 3.05) is 0 Å². The molecule has 0 spiro atoms. The number of hydrogen-bond donors (Lipinski definition) is 2. The molecule has 2 aromatic rings. The molecule has 0 aliphatic heterocycles. The van der Waals surface area contributed by atoms with Gasteiger partial charge in [-0.05, 0) is 31.0 Å². The Bertz CT molecular complexity index is 536. The van der Waals surface area contributed by atoms with Crippen LogP contribution < -0.4 is 11.3 Å². The summed E-state index contributed by atoms with van der Waals surface area (Å²) in [6.07, 6.45) is 2.77. The van der Waals surface area contributed by atoms with Crippen molar-refractivity contribution in [3.05, 3.63) is 52.3 Å². The van der Waals surface area contributed by atoms with Gasteiger partial charge in [-0.25, -0.2) is 0 Å². The van der Waals surface area contributed by atoms with Gasteiger partial charge in [0.1, 0.15) is 0 Å². The summed E-state index contributed by atoms with van der Waals surface area (Å²) >= 11 is 5.98. The maximum Gasteiger partial charge on any atom is 0.0642 e. The maximum atomic E-state index is 5.98. The minimum absolute atomic E-state index is 0.0390. The highest BCUT2D eigenvalue weighted by atomic mass is 35.5. The third kappa shape index (κ3) is 2.90. The first-order chi connectivity index (χ1) is 8.60. The van der Waals surface area contributed by atoms with Crippen LogP contribution in [0.25, 0.3) is 0 Å². The Morgan fingerprint density at radius 3 is 2.83 bits per heavy atom. The molecule has 1 aromatic carbocycles. The number of aryl methyl sites for hydroxylation is 2. The predicted molar refractivity (Wildman–Crippen MR) is 73.2 cm³/mol. The van der Waals surface area contributed by atoms with Crippen LogP contribution in [0.15, 0.2) is 30.5 Å². The summed E-state index contributed by atoms with van der Waals surface area (Å²) < 4.78 is 1.80. The fourth-order valence-electron chi connectivity index (χ4n) is 2.12. The van der Waals surface area contributed by atoms with Gasteiger partial charge >= 0.3 is 0 Å². The van der Waals surface area contributed by atoms with Gasteiger partial charge in [0.05, 0.1) is 11.7 Å². The van der Waals surface area contributed by atoms with Crippen molar-refractivity contribution in [1.82, 2.24) is 15.2 Å². The molecule has 1 aromatic heterocycles. The van der Waals surface area contributed by atoms with Crippen molar-refractivity contribution in [1.29, 1.82) is 0 Å². The molecule has 0 amide bonds. The van der Waals surface area contributed by atoms with Crippen LogP contribution in [-0.2, 0) is 13.5 Å². The van der Waals surface area contributed by atoms with E-state index in [0.29, 0.717) is 0 Å². The molecular formula is C13H17ClN4. The van der Waals surface area contributed by atoms with E-state index in [1.165, 1.54) is 0 Å². The predicted octanol–water partition coefficient (Wildman–Crippen LogP) is 2.13. The molecule has 1 atom stereocenters. The largest absolute Gasteiger partial charge is 0.275 e. The summed E-state index contributed by atoms with van der Waals surface area (Å²) in [7, 11) is 1.91. The van der Waals surface area contributed by atoms with Gasteiger partial charge in [-0.1, -0.05) is 23.7 Å². The number of nitrogens with zero attached hydrogens (tertiary/aromatic N) is 2. The number of benzene rings is 1. The molecule has 1 unspecified atom stereocenters. The van der Waals surface area contributed by atoms with Crippen LogP contribution in [0.3, 0.4) is 0 Å². The number of rotatable bonds is 4. The molecule has 3 N–H and O–H groups in total. The number of hydrazine groups is 1. The van der Waals surface area contributed by atoms with E-state index < -0.39 is 0 Å².